The van der Waals surface area contributed by atoms with Crippen molar-refractivity contribution < 1.29 is 23.7 Å². The Kier molecular flexibility index (Phi) is 5.27. The van der Waals surface area contributed by atoms with Crippen LogP contribution in [0.2, 0.25) is 0 Å². The quantitative estimate of drug-likeness (QED) is 0.407. The summed E-state index contributed by atoms with van der Waals surface area (Å²) in [5.41, 5.74) is 7.17. The summed E-state index contributed by atoms with van der Waals surface area (Å²) in [6.07, 6.45) is 0. The molecular weight excluding hydrogens is 402 g/mol. The summed E-state index contributed by atoms with van der Waals surface area (Å²) < 4.78 is 22.5. The van der Waals surface area contributed by atoms with Gasteiger partial charge in [0.15, 0.2) is 23.8 Å². The fourth-order valence-corrected chi connectivity index (χ4v) is 2.85. The molecular formula is C21H19N5O5. The van der Waals surface area contributed by atoms with Crippen molar-refractivity contribution in [3.8, 4) is 35.0 Å². The maximum atomic E-state index is 11.9. The standard InChI is InChI=1S/C21H19N5O5/c1-11-4-3-5-13(8-11)30-21-25-19-17(24-16(27)10-29-19)20(26-21)31-15-9-12(18(22)23)6-7-14(15)28-2/h3-9H,10H2,1-2H3,(H3,22,23)(H,24,27). The van der Waals surface area contributed by atoms with Gasteiger partial charge in [-0.2, -0.15) is 9.97 Å². The highest BCUT2D eigenvalue weighted by molar-refractivity contribution is 5.97. The van der Waals surface area contributed by atoms with Crippen molar-refractivity contribution in [2.75, 3.05) is 19.0 Å². The number of nitrogens with two attached hydrogens (primary N) is 1. The predicted molar refractivity (Wildman–Crippen MR) is 111 cm³/mol. The lowest BCUT2D eigenvalue weighted by atomic mass is 10.2. The molecule has 0 saturated heterocycles. The van der Waals surface area contributed by atoms with Gasteiger partial charge in [-0.25, -0.2) is 0 Å². The molecule has 0 atom stereocenters. The maximum absolute atomic E-state index is 11.9. The Bertz CT molecular complexity index is 1180. The molecule has 0 bridgehead atoms. The summed E-state index contributed by atoms with van der Waals surface area (Å²) in [6, 6.07) is 12.1. The number of carbonyl (C=O) groups is 1. The first-order valence-electron chi connectivity index (χ1n) is 9.22. The molecule has 0 radical (unpaired) electrons. The van der Waals surface area contributed by atoms with Gasteiger partial charge >= 0.3 is 6.01 Å². The number of hydrogen-bond acceptors (Lipinski definition) is 8. The first-order valence-corrected chi connectivity index (χ1v) is 9.22. The third-order valence-electron chi connectivity index (χ3n) is 4.31. The van der Waals surface area contributed by atoms with E-state index < -0.39 is 0 Å². The Morgan fingerprint density at radius 2 is 2.00 bits per heavy atom. The molecule has 0 saturated carbocycles. The van der Waals surface area contributed by atoms with Gasteiger partial charge in [0.1, 0.15) is 11.6 Å². The van der Waals surface area contributed by atoms with Crippen molar-refractivity contribution >= 4 is 17.4 Å². The average molecular weight is 421 g/mol. The number of hydrogen-bond donors (Lipinski definition) is 3. The molecule has 158 valence electrons. The van der Waals surface area contributed by atoms with E-state index in [2.05, 4.69) is 15.3 Å². The summed E-state index contributed by atoms with van der Waals surface area (Å²) in [5, 5.41) is 10.3. The van der Waals surface area contributed by atoms with Crippen molar-refractivity contribution in [3.05, 3.63) is 53.6 Å². The smallest absolute Gasteiger partial charge is 0.328 e. The molecule has 10 nitrogen and oxygen atoms in total. The zero-order chi connectivity index (χ0) is 22.0. The number of fused-ring (bicyclic) bond motifs is 1. The molecule has 0 spiro atoms. The van der Waals surface area contributed by atoms with Crippen LogP contribution in [0.3, 0.4) is 0 Å². The van der Waals surface area contributed by atoms with E-state index in [0.717, 1.165) is 5.56 Å². The van der Waals surface area contributed by atoms with Gasteiger partial charge in [-0.1, -0.05) is 12.1 Å². The van der Waals surface area contributed by atoms with Crippen molar-refractivity contribution in [2.24, 2.45) is 5.73 Å². The van der Waals surface area contributed by atoms with Gasteiger partial charge in [-0.3, -0.25) is 10.2 Å². The molecule has 0 aliphatic carbocycles. The maximum Gasteiger partial charge on any atom is 0.328 e. The molecule has 10 heteroatoms. The number of rotatable bonds is 6. The molecule has 4 rings (SSSR count). The monoisotopic (exact) mass is 421 g/mol. The summed E-state index contributed by atoms with van der Waals surface area (Å²) in [5.74, 6) is 0.713. The van der Waals surface area contributed by atoms with Crippen LogP contribution in [0.5, 0.6) is 35.0 Å². The first kappa shape index (κ1) is 20.0. The minimum Gasteiger partial charge on any atom is -0.493 e. The minimum atomic E-state index is -0.377. The van der Waals surface area contributed by atoms with E-state index in [9.17, 15) is 4.79 Å². The highest BCUT2D eigenvalue weighted by atomic mass is 16.5. The van der Waals surface area contributed by atoms with Gasteiger partial charge < -0.3 is 30.0 Å². The lowest BCUT2D eigenvalue weighted by molar-refractivity contribution is -0.118. The number of ether oxygens (including phenoxy) is 4. The molecule has 1 amide bonds. The zero-order valence-corrected chi connectivity index (χ0v) is 16.8. The molecule has 4 N–H and O–H groups in total. The van der Waals surface area contributed by atoms with Gasteiger partial charge in [-0.15, -0.1) is 0 Å². The Hall–Kier alpha value is -4.34. The van der Waals surface area contributed by atoms with Gasteiger partial charge in [0, 0.05) is 5.56 Å². The molecule has 1 aliphatic rings. The second-order valence-corrected chi connectivity index (χ2v) is 6.63. The van der Waals surface area contributed by atoms with Crippen LogP contribution >= 0.6 is 0 Å². The van der Waals surface area contributed by atoms with Gasteiger partial charge in [0.2, 0.25) is 5.88 Å². The minimum absolute atomic E-state index is 0.0142. The third-order valence-corrected chi connectivity index (χ3v) is 4.31. The van der Waals surface area contributed by atoms with Crippen molar-refractivity contribution in [3.63, 3.8) is 0 Å². The topological polar surface area (TPSA) is 142 Å². The molecule has 1 aliphatic heterocycles. The van der Waals surface area contributed by atoms with Crippen LogP contribution in [0.4, 0.5) is 5.69 Å². The lowest BCUT2D eigenvalue weighted by Gasteiger charge is -2.20. The fraction of sp³-hybridized carbons (Fsp3) is 0.143. The number of benzene rings is 2. The lowest BCUT2D eigenvalue weighted by Crippen LogP contribution is -2.26. The van der Waals surface area contributed by atoms with Crippen LogP contribution in [0.1, 0.15) is 11.1 Å². The normalized spacial score (nSPS) is 12.3. The second-order valence-electron chi connectivity index (χ2n) is 6.63. The molecule has 2 aromatic carbocycles. The fourth-order valence-electron chi connectivity index (χ4n) is 2.85. The van der Waals surface area contributed by atoms with Gasteiger partial charge in [0.05, 0.1) is 7.11 Å². The van der Waals surface area contributed by atoms with Crippen LogP contribution in [-0.2, 0) is 4.79 Å². The summed E-state index contributed by atoms with van der Waals surface area (Å²) in [7, 11) is 1.47. The molecule has 0 unspecified atom stereocenters. The summed E-state index contributed by atoms with van der Waals surface area (Å²) in [4.78, 5) is 20.4. The van der Waals surface area contributed by atoms with Gasteiger partial charge in [-0.05, 0) is 42.8 Å². The predicted octanol–water partition coefficient (Wildman–Crippen LogP) is 2.99. The highest BCUT2D eigenvalue weighted by Crippen LogP contribution is 2.41. The van der Waals surface area contributed by atoms with E-state index in [-0.39, 0.29) is 47.6 Å². The zero-order valence-electron chi connectivity index (χ0n) is 16.8. The van der Waals surface area contributed by atoms with Gasteiger partial charge in [0.25, 0.3) is 11.8 Å². The first-order chi connectivity index (χ1) is 14.9. The molecule has 0 fully saturated rings. The number of aryl methyl sites for hydroxylation is 1. The summed E-state index contributed by atoms with van der Waals surface area (Å²) >= 11 is 0. The van der Waals surface area contributed by atoms with E-state index in [1.54, 1.807) is 18.2 Å². The van der Waals surface area contributed by atoms with Crippen molar-refractivity contribution in [1.29, 1.82) is 5.41 Å². The number of aromatic nitrogens is 2. The largest absolute Gasteiger partial charge is 0.493 e. The third kappa shape index (κ3) is 4.32. The van der Waals surface area contributed by atoms with E-state index in [1.807, 2.05) is 25.1 Å². The average Bonchev–Trinajstić information content (AvgIpc) is 2.74. The highest BCUT2D eigenvalue weighted by Gasteiger charge is 2.26. The molecule has 31 heavy (non-hydrogen) atoms. The van der Waals surface area contributed by atoms with Crippen LogP contribution in [0.15, 0.2) is 42.5 Å². The Morgan fingerprint density at radius 1 is 1.16 bits per heavy atom. The van der Waals surface area contributed by atoms with E-state index in [1.165, 1.54) is 13.2 Å². The van der Waals surface area contributed by atoms with Crippen molar-refractivity contribution in [1.82, 2.24) is 9.97 Å². The van der Waals surface area contributed by atoms with Crippen molar-refractivity contribution in [2.45, 2.75) is 6.92 Å². The second kappa shape index (κ2) is 8.19. The number of carbonyl (C=O) groups excluding carboxylic acids is 1. The van der Waals surface area contributed by atoms with E-state index >= 15 is 0 Å². The number of amidine groups is 1. The number of nitrogens with zero attached hydrogens (tertiary/aromatic N) is 2. The molecule has 2 heterocycles. The number of nitrogens with one attached hydrogen (secondary N) is 2. The number of nitrogen functional groups attached to an aromatic ring is 1. The van der Waals surface area contributed by atoms with Crippen LogP contribution < -0.4 is 30.0 Å². The number of amides is 1. The Balaban J connectivity index is 1.76. The van der Waals surface area contributed by atoms with Crippen LogP contribution in [0.25, 0.3) is 0 Å². The molecule has 1 aromatic heterocycles. The summed E-state index contributed by atoms with van der Waals surface area (Å²) in [6.45, 7) is 1.73. The van der Waals surface area contributed by atoms with Crippen LogP contribution in [0, 0.1) is 12.3 Å². The number of anilines is 1. The molecule has 3 aromatic rings. The Morgan fingerprint density at radius 3 is 2.74 bits per heavy atom. The number of methoxy groups -OCH3 is 1. The van der Waals surface area contributed by atoms with E-state index in [0.29, 0.717) is 17.1 Å². The Labute approximate surface area is 177 Å². The van der Waals surface area contributed by atoms with Crippen LogP contribution in [-0.4, -0.2) is 35.4 Å². The SMILES string of the molecule is COc1ccc(C(=N)N)cc1Oc1nc(Oc2cccc(C)c2)nc2c1NC(=O)CO2. The van der Waals surface area contributed by atoms with E-state index in [4.69, 9.17) is 30.1 Å².